The normalized spacial score (nSPS) is 11.6. The predicted molar refractivity (Wildman–Crippen MR) is 74.5 cm³/mol. The number of ether oxygens (including phenoxy) is 1. The van der Waals surface area contributed by atoms with Gasteiger partial charge in [-0.15, -0.1) is 0 Å². The number of rotatable bonds is 4. The van der Waals surface area contributed by atoms with Crippen LogP contribution in [0.4, 0.5) is 0 Å². The minimum absolute atomic E-state index is 0.0216. The Morgan fingerprint density at radius 2 is 1.84 bits per heavy atom. The van der Waals surface area contributed by atoms with Crippen molar-refractivity contribution in [1.29, 1.82) is 5.26 Å². The van der Waals surface area contributed by atoms with E-state index in [9.17, 15) is 0 Å². The Morgan fingerprint density at radius 1 is 1.16 bits per heavy atom. The average molecular weight is 252 g/mol. The molecule has 0 spiro atoms. The van der Waals surface area contributed by atoms with E-state index in [4.69, 9.17) is 15.7 Å². The smallest absolute Gasteiger partial charge is 0.119 e. The molecule has 0 amide bonds. The number of nitrogens with two attached hydrogens (primary N) is 1. The Balaban J connectivity index is 2.04. The van der Waals surface area contributed by atoms with Crippen LogP contribution in [0.5, 0.6) is 5.75 Å². The number of hydrogen-bond acceptors (Lipinski definition) is 3. The fraction of sp³-hybridized carbons (Fsp3) is 0.188. The van der Waals surface area contributed by atoms with Gasteiger partial charge in [-0.2, -0.15) is 5.26 Å². The number of benzene rings is 2. The van der Waals surface area contributed by atoms with Gasteiger partial charge in [-0.05, 0) is 30.7 Å². The van der Waals surface area contributed by atoms with E-state index in [-0.39, 0.29) is 6.04 Å². The molecule has 0 saturated carbocycles. The van der Waals surface area contributed by atoms with Crippen LogP contribution in [0.3, 0.4) is 0 Å². The summed E-state index contributed by atoms with van der Waals surface area (Å²) < 4.78 is 5.68. The summed E-state index contributed by atoms with van der Waals surface area (Å²) in [5, 5.41) is 8.99. The van der Waals surface area contributed by atoms with Gasteiger partial charge in [-0.25, -0.2) is 0 Å². The molecule has 0 heterocycles. The lowest BCUT2D eigenvalue weighted by molar-refractivity contribution is 0.306. The first kappa shape index (κ1) is 13.1. The van der Waals surface area contributed by atoms with Crippen molar-refractivity contribution < 1.29 is 4.74 Å². The Kier molecular flexibility index (Phi) is 4.17. The first-order valence-corrected chi connectivity index (χ1v) is 6.17. The highest BCUT2D eigenvalue weighted by Gasteiger charge is 2.03. The molecule has 96 valence electrons. The third kappa shape index (κ3) is 3.34. The zero-order valence-electron chi connectivity index (χ0n) is 10.8. The third-order valence-electron chi connectivity index (χ3n) is 2.94. The molecule has 19 heavy (non-hydrogen) atoms. The molecule has 0 aliphatic heterocycles. The van der Waals surface area contributed by atoms with Crippen LogP contribution in [0.25, 0.3) is 0 Å². The highest BCUT2D eigenvalue weighted by atomic mass is 16.5. The van der Waals surface area contributed by atoms with E-state index in [1.54, 1.807) is 6.07 Å². The molecule has 0 radical (unpaired) electrons. The molecule has 1 atom stereocenters. The van der Waals surface area contributed by atoms with Crippen LogP contribution < -0.4 is 10.5 Å². The van der Waals surface area contributed by atoms with Gasteiger partial charge < -0.3 is 10.5 Å². The molecule has 0 bridgehead atoms. The highest BCUT2D eigenvalue weighted by Crippen LogP contribution is 2.18. The van der Waals surface area contributed by atoms with E-state index in [1.807, 2.05) is 49.4 Å². The molecule has 3 heteroatoms. The summed E-state index contributed by atoms with van der Waals surface area (Å²) in [5.74, 6) is 0.775. The summed E-state index contributed by atoms with van der Waals surface area (Å²) in [4.78, 5) is 0. The second kappa shape index (κ2) is 6.03. The SMILES string of the molecule is C[C@H](N)c1ccc(OCc2ccccc2C#N)cc1. The molecular formula is C16H16N2O. The van der Waals surface area contributed by atoms with Crippen LogP contribution in [0, 0.1) is 11.3 Å². The fourth-order valence-corrected chi connectivity index (χ4v) is 1.78. The molecule has 0 aliphatic carbocycles. The van der Waals surface area contributed by atoms with Crippen molar-refractivity contribution in [3.8, 4) is 11.8 Å². The minimum atomic E-state index is 0.0216. The van der Waals surface area contributed by atoms with Crippen molar-refractivity contribution in [3.05, 3.63) is 65.2 Å². The van der Waals surface area contributed by atoms with Gasteiger partial charge in [0.05, 0.1) is 11.6 Å². The van der Waals surface area contributed by atoms with Crippen molar-refractivity contribution in [3.63, 3.8) is 0 Å². The maximum atomic E-state index is 8.99. The summed E-state index contributed by atoms with van der Waals surface area (Å²) in [5.41, 5.74) is 8.40. The number of nitriles is 1. The van der Waals surface area contributed by atoms with E-state index in [2.05, 4.69) is 6.07 Å². The van der Waals surface area contributed by atoms with Crippen molar-refractivity contribution in [1.82, 2.24) is 0 Å². The van der Waals surface area contributed by atoms with Gasteiger partial charge in [0, 0.05) is 11.6 Å². The number of nitrogens with zero attached hydrogens (tertiary/aromatic N) is 1. The molecule has 0 aromatic heterocycles. The zero-order valence-corrected chi connectivity index (χ0v) is 10.8. The molecule has 3 nitrogen and oxygen atoms in total. The van der Waals surface area contributed by atoms with E-state index in [1.165, 1.54) is 0 Å². The molecular weight excluding hydrogens is 236 g/mol. The standard InChI is InChI=1S/C16H16N2O/c1-12(18)13-6-8-16(9-7-13)19-11-15-5-3-2-4-14(15)10-17/h2-9,12H,11,18H2,1H3/t12-/m0/s1. The first-order chi connectivity index (χ1) is 9.20. The Bertz CT molecular complexity index is 582. The Hall–Kier alpha value is -2.31. The zero-order chi connectivity index (χ0) is 13.7. The molecule has 2 aromatic rings. The summed E-state index contributed by atoms with van der Waals surface area (Å²) >= 11 is 0. The first-order valence-electron chi connectivity index (χ1n) is 6.17. The van der Waals surface area contributed by atoms with Gasteiger partial charge in [0.1, 0.15) is 12.4 Å². The van der Waals surface area contributed by atoms with Gasteiger partial charge in [-0.3, -0.25) is 0 Å². The lowest BCUT2D eigenvalue weighted by Gasteiger charge is -2.09. The van der Waals surface area contributed by atoms with Crippen molar-refractivity contribution in [2.75, 3.05) is 0 Å². The van der Waals surface area contributed by atoms with Crippen LogP contribution in [0.15, 0.2) is 48.5 Å². The monoisotopic (exact) mass is 252 g/mol. The predicted octanol–water partition coefficient (Wildman–Crippen LogP) is 3.16. The largest absolute Gasteiger partial charge is 0.489 e. The van der Waals surface area contributed by atoms with Crippen LogP contribution in [0.2, 0.25) is 0 Å². The van der Waals surface area contributed by atoms with Crippen LogP contribution in [-0.4, -0.2) is 0 Å². The Labute approximate surface area is 113 Å². The van der Waals surface area contributed by atoms with Crippen LogP contribution in [-0.2, 0) is 6.61 Å². The second-order valence-electron chi connectivity index (χ2n) is 4.42. The summed E-state index contributed by atoms with van der Waals surface area (Å²) in [7, 11) is 0. The quantitative estimate of drug-likeness (QED) is 0.909. The van der Waals surface area contributed by atoms with Gasteiger partial charge in [-0.1, -0.05) is 30.3 Å². The van der Waals surface area contributed by atoms with Crippen LogP contribution in [0.1, 0.15) is 29.7 Å². The van der Waals surface area contributed by atoms with E-state index in [0.29, 0.717) is 12.2 Å². The molecule has 2 rings (SSSR count). The van der Waals surface area contributed by atoms with Gasteiger partial charge in [0.25, 0.3) is 0 Å². The van der Waals surface area contributed by atoms with E-state index < -0.39 is 0 Å². The van der Waals surface area contributed by atoms with Crippen molar-refractivity contribution in [2.45, 2.75) is 19.6 Å². The molecule has 0 aliphatic rings. The summed E-state index contributed by atoms with van der Waals surface area (Å²) in [6.45, 7) is 2.33. The molecule has 2 aromatic carbocycles. The number of hydrogen-bond donors (Lipinski definition) is 1. The van der Waals surface area contributed by atoms with E-state index >= 15 is 0 Å². The van der Waals surface area contributed by atoms with Crippen molar-refractivity contribution in [2.24, 2.45) is 5.73 Å². The summed E-state index contributed by atoms with van der Waals surface area (Å²) in [6, 6.07) is 17.3. The second-order valence-corrected chi connectivity index (χ2v) is 4.42. The molecule has 0 unspecified atom stereocenters. The third-order valence-corrected chi connectivity index (χ3v) is 2.94. The van der Waals surface area contributed by atoms with Crippen molar-refractivity contribution >= 4 is 0 Å². The molecule has 0 fully saturated rings. The lowest BCUT2D eigenvalue weighted by Crippen LogP contribution is -2.04. The average Bonchev–Trinajstić information content (AvgIpc) is 2.45. The van der Waals surface area contributed by atoms with E-state index in [0.717, 1.165) is 16.9 Å². The van der Waals surface area contributed by atoms with Gasteiger partial charge in [0.15, 0.2) is 0 Å². The Morgan fingerprint density at radius 3 is 2.47 bits per heavy atom. The van der Waals surface area contributed by atoms with Gasteiger partial charge in [0.2, 0.25) is 0 Å². The molecule has 2 N–H and O–H groups in total. The summed E-state index contributed by atoms with van der Waals surface area (Å²) in [6.07, 6.45) is 0. The maximum Gasteiger partial charge on any atom is 0.119 e. The topological polar surface area (TPSA) is 59.0 Å². The maximum absolute atomic E-state index is 8.99. The highest BCUT2D eigenvalue weighted by molar-refractivity contribution is 5.37. The van der Waals surface area contributed by atoms with Crippen LogP contribution >= 0.6 is 0 Å². The molecule has 0 saturated heterocycles. The van der Waals surface area contributed by atoms with Gasteiger partial charge >= 0.3 is 0 Å². The fourth-order valence-electron chi connectivity index (χ4n) is 1.78. The minimum Gasteiger partial charge on any atom is -0.489 e. The lowest BCUT2D eigenvalue weighted by atomic mass is 10.1.